The molecule has 0 saturated carbocycles. The van der Waals surface area contributed by atoms with E-state index in [9.17, 15) is 0 Å². The number of nitrogens with zero attached hydrogens (tertiary/aromatic N) is 2. The third kappa shape index (κ3) is 5.70. The Kier molecular flexibility index (Phi) is 6.99. The molecule has 0 atom stereocenters. The van der Waals surface area contributed by atoms with E-state index in [1.165, 1.54) is 44.9 Å². The van der Waals surface area contributed by atoms with Gasteiger partial charge < -0.3 is 4.74 Å². The van der Waals surface area contributed by atoms with Crippen molar-refractivity contribution in [3.8, 4) is 6.01 Å². The number of aromatic nitrogens is 2. The molecule has 1 heterocycles. The van der Waals surface area contributed by atoms with E-state index in [2.05, 4.69) is 16.9 Å². The van der Waals surface area contributed by atoms with E-state index in [0.29, 0.717) is 12.6 Å². The molecule has 0 aliphatic rings. The smallest absolute Gasteiger partial charge is 0.316 e. The first-order chi connectivity index (χ1) is 10.4. The van der Waals surface area contributed by atoms with Gasteiger partial charge in [-0.15, -0.1) is 0 Å². The minimum absolute atomic E-state index is 0.497. The molecule has 0 spiro atoms. The lowest BCUT2D eigenvalue weighted by molar-refractivity contribution is 0.282. The number of benzene rings is 1. The van der Waals surface area contributed by atoms with Gasteiger partial charge in [0.05, 0.1) is 12.1 Å². The van der Waals surface area contributed by atoms with Crippen molar-refractivity contribution in [2.24, 2.45) is 0 Å². The molecule has 2 rings (SSSR count). The highest BCUT2D eigenvalue weighted by molar-refractivity contribution is 5.77. The van der Waals surface area contributed by atoms with Gasteiger partial charge in [-0.25, -0.2) is 4.98 Å². The molecule has 0 N–H and O–H groups in total. The first-order valence-corrected chi connectivity index (χ1v) is 8.24. The zero-order valence-corrected chi connectivity index (χ0v) is 13.1. The minimum Gasteiger partial charge on any atom is -0.463 e. The van der Waals surface area contributed by atoms with E-state index in [1.54, 1.807) is 0 Å². The molecule has 0 saturated heterocycles. The Morgan fingerprint density at radius 2 is 1.62 bits per heavy atom. The highest BCUT2D eigenvalue weighted by Crippen LogP contribution is 2.13. The molecule has 21 heavy (non-hydrogen) atoms. The van der Waals surface area contributed by atoms with Crippen molar-refractivity contribution in [2.75, 3.05) is 6.61 Å². The van der Waals surface area contributed by atoms with Gasteiger partial charge in [0, 0.05) is 11.6 Å². The molecule has 0 amide bonds. The fourth-order valence-corrected chi connectivity index (χ4v) is 2.42. The summed E-state index contributed by atoms with van der Waals surface area (Å²) in [6.07, 6.45) is 12.3. The largest absolute Gasteiger partial charge is 0.463 e. The van der Waals surface area contributed by atoms with E-state index >= 15 is 0 Å². The van der Waals surface area contributed by atoms with E-state index in [0.717, 1.165) is 17.3 Å². The van der Waals surface area contributed by atoms with Gasteiger partial charge in [-0.05, 0) is 12.5 Å². The predicted molar refractivity (Wildman–Crippen MR) is 87.6 cm³/mol. The quantitative estimate of drug-likeness (QED) is 0.567. The molecule has 0 fully saturated rings. The van der Waals surface area contributed by atoms with Crippen molar-refractivity contribution in [3.63, 3.8) is 0 Å². The van der Waals surface area contributed by atoms with Crippen molar-refractivity contribution in [1.29, 1.82) is 0 Å². The Balaban J connectivity index is 1.59. The number of rotatable bonds is 10. The van der Waals surface area contributed by atoms with Gasteiger partial charge in [0.25, 0.3) is 0 Å². The summed E-state index contributed by atoms with van der Waals surface area (Å²) < 4.78 is 5.64. The Morgan fingerprint density at radius 3 is 2.43 bits per heavy atom. The molecule has 3 nitrogen and oxygen atoms in total. The zero-order chi connectivity index (χ0) is 14.8. The normalized spacial score (nSPS) is 10.9. The van der Waals surface area contributed by atoms with Crippen LogP contribution in [0.5, 0.6) is 6.01 Å². The second kappa shape index (κ2) is 9.32. The second-order valence-corrected chi connectivity index (χ2v) is 5.53. The first kappa shape index (κ1) is 15.7. The molecule has 0 unspecified atom stereocenters. The van der Waals surface area contributed by atoms with Crippen LogP contribution in [0.1, 0.15) is 58.3 Å². The number of ether oxygens (including phenoxy) is 1. The zero-order valence-electron chi connectivity index (χ0n) is 13.1. The van der Waals surface area contributed by atoms with Crippen molar-refractivity contribution >= 4 is 10.9 Å². The second-order valence-electron chi connectivity index (χ2n) is 5.53. The van der Waals surface area contributed by atoms with Crippen LogP contribution in [0.2, 0.25) is 0 Å². The number of unbranched alkanes of at least 4 members (excludes halogenated alkanes) is 7. The lowest BCUT2D eigenvalue weighted by Gasteiger charge is -2.05. The maximum Gasteiger partial charge on any atom is 0.316 e. The van der Waals surface area contributed by atoms with Crippen molar-refractivity contribution in [2.45, 2.75) is 58.3 Å². The van der Waals surface area contributed by atoms with Gasteiger partial charge in [-0.1, -0.05) is 70.1 Å². The Morgan fingerprint density at radius 1 is 0.905 bits per heavy atom. The maximum atomic E-state index is 5.64. The Hall–Kier alpha value is -1.64. The van der Waals surface area contributed by atoms with Crippen LogP contribution in [0, 0.1) is 0 Å². The third-order valence-corrected chi connectivity index (χ3v) is 3.70. The van der Waals surface area contributed by atoms with Crippen molar-refractivity contribution < 1.29 is 4.74 Å². The SMILES string of the molecule is CCCCCCCCCCOc1ncc2ccccc2n1. The van der Waals surface area contributed by atoms with Gasteiger partial charge in [-0.3, -0.25) is 0 Å². The molecule has 0 bridgehead atoms. The molecule has 2 aromatic rings. The minimum atomic E-state index is 0.497. The van der Waals surface area contributed by atoms with Gasteiger partial charge >= 0.3 is 6.01 Å². The molecule has 0 aliphatic carbocycles. The van der Waals surface area contributed by atoms with Gasteiger partial charge in [0.15, 0.2) is 0 Å². The summed E-state index contributed by atoms with van der Waals surface area (Å²) in [4.78, 5) is 8.65. The molecule has 1 aromatic heterocycles. The third-order valence-electron chi connectivity index (χ3n) is 3.70. The van der Waals surface area contributed by atoms with Crippen molar-refractivity contribution in [1.82, 2.24) is 9.97 Å². The fraction of sp³-hybridized carbons (Fsp3) is 0.556. The predicted octanol–water partition coefficient (Wildman–Crippen LogP) is 5.15. The maximum absolute atomic E-state index is 5.64. The van der Waals surface area contributed by atoms with Crippen LogP contribution in [-0.4, -0.2) is 16.6 Å². The molecule has 3 heteroatoms. The van der Waals surface area contributed by atoms with Crippen LogP contribution in [-0.2, 0) is 0 Å². The Bertz CT molecular complexity index is 527. The summed E-state index contributed by atoms with van der Waals surface area (Å²) in [5.74, 6) is 0. The molecule has 0 aliphatic heterocycles. The molecule has 114 valence electrons. The summed E-state index contributed by atoms with van der Waals surface area (Å²) in [6.45, 7) is 2.97. The van der Waals surface area contributed by atoms with Crippen LogP contribution in [0.4, 0.5) is 0 Å². The first-order valence-electron chi connectivity index (χ1n) is 8.24. The van der Waals surface area contributed by atoms with Crippen LogP contribution < -0.4 is 4.74 Å². The molecular formula is C18H26N2O. The van der Waals surface area contributed by atoms with Gasteiger partial charge in [-0.2, -0.15) is 4.98 Å². The topological polar surface area (TPSA) is 35.0 Å². The molecule has 1 aromatic carbocycles. The summed E-state index contributed by atoms with van der Waals surface area (Å²) in [7, 11) is 0. The number of para-hydroxylation sites is 1. The average molecular weight is 286 g/mol. The van der Waals surface area contributed by atoms with Crippen LogP contribution >= 0.6 is 0 Å². The van der Waals surface area contributed by atoms with Crippen molar-refractivity contribution in [3.05, 3.63) is 30.5 Å². The van der Waals surface area contributed by atoms with Gasteiger partial charge in [0.1, 0.15) is 0 Å². The summed E-state index contributed by atoms with van der Waals surface area (Å²) in [5, 5.41) is 1.05. The summed E-state index contributed by atoms with van der Waals surface area (Å²) in [6, 6.07) is 8.47. The van der Waals surface area contributed by atoms with Gasteiger partial charge in [0.2, 0.25) is 0 Å². The highest BCUT2D eigenvalue weighted by Gasteiger charge is 2.00. The summed E-state index contributed by atoms with van der Waals surface area (Å²) in [5.41, 5.74) is 0.943. The van der Waals surface area contributed by atoms with Crippen LogP contribution in [0.15, 0.2) is 30.5 Å². The van der Waals surface area contributed by atoms with E-state index in [-0.39, 0.29) is 0 Å². The Labute approximate surface area is 127 Å². The standard InChI is InChI=1S/C18H26N2O/c1-2-3-4-5-6-7-8-11-14-21-18-19-15-16-12-9-10-13-17(16)20-18/h9-10,12-13,15H,2-8,11,14H2,1H3. The fourth-order valence-electron chi connectivity index (χ4n) is 2.42. The molecule has 0 radical (unpaired) electrons. The monoisotopic (exact) mass is 286 g/mol. The van der Waals surface area contributed by atoms with E-state index in [4.69, 9.17) is 4.74 Å². The lowest BCUT2D eigenvalue weighted by Crippen LogP contribution is -2.01. The van der Waals surface area contributed by atoms with E-state index in [1.807, 2.05) is 30.5 Å². The summed E-state index contributed by atoms with van der Waals surface area (Å²) >= 11 is 0. The molecular weight excluding hydrogens is 260 g/mol. The number of fused-ring (bicyclic) bond motifs is 1. The average Bonchev–Trinajstić information content (AvgIpc) is 2.53. The number of hydrogen-bond donors (Lipinski definition) is 0. The van der Waals surface area contributed by atoms with E-state index < -0.39 is 0 Å². The number of hydrogen-bond acceptors (Lipinski definition) is 3. The lowest BCUT2D eigenvalue weighted by atomic mass is 10.1. The van der Waals surface area contributed by atoms with Crippen LogP contribution in [0.3, 0.4) is 0 Å². The highest BCUT2D eigenvalue weighted by atomic mass is 16.5. The van der Waals surface area contributed by atoms with Crippen LogP contribution in [0.25, 0.3) is 10.9 Å².